The van der Waals surface area contributed by atoms with Gasteiger partial charge in [-0.25, -0.2) is 8.42 Å². The summed E-state index contributed by atoms with van der Waals surface area (Å²) in [6, 6.07) is 15.6. The van der Waals surface area contributed by atoms with E-state index >= 15 is 0 Å². The molecule has 12 heteroatoms. The molecule has 2 aromatic carbocycles. The number of aromatic nitrogens is 1. The number of carbonyl (C=O) groups excluding carboxylic acids is 1. The van der Waals surface area contributed by atoms with Crippen molar-refractivity contribution in [3.8, 4) is 0 Å². The highest BCUT2D eigenvalue weighted by molar-refractivity contribution is 7.92. The monoisotopic (exact) mass is 646 g/mol. The lowest BCUT2D eigenvalue weighted by molar-refractivity contribution is -0.137. The quantitative estimate of drug-likeness (QED) is 0.346. The summed E-state index contributed by atoms with van der Waals surface area (Å²) in [5.41, 5.74) is 3.98. The van der Waals surface area contributed by atoms with Gasteiger partial charge in [0.2, 0.25) is 5.91 Å². The normalized spacial score (nSPS) is 19.3. The summed E-state index contributed by atoms with van der Waals surface area (Å²) in [7, 11) is -3.98. The lowest BCUT2D eigenvalue weighted by Gasteiger charge is -2.38. The van der Waals surface area contributed by atoms with Gasteiger partial charge < -0.3 is 18.9 Å². The Labute approximate surface area is 262 Å². The van der Waals surface area contributed by atoms with Crippen molar-refractivity contribution in [2.45, 2.75) is 43.3 Å². The van der Waals surface area contributed by atoms with E-state index < -0.39 is 16.1 Å². The van der Waals surface area contributed by atoms with Gasteiger partial charge in [-0.2, -0.15) is 0 Å². The van der Waals surface area contributed by atoms with Crippen LogP contribution in [0, 0.1) is 0 Å². The lowest BCUT2D eigenvalue weighted by Crippen LogP contribution is -2.47. The maximum atomic E-state index is 13.9. The van der Waals surface area contributed by atoms with Crippen molar-refractivity contribution in [1.82, 2.24) is 14.4 Å². The molecular weight excluding hydrogens is 611 g/mol. The predicted molar refractivity (Wildman–Crippen MR) is 166 cm³/mol. The topological polar surface area (TPSA) is 84.3 Å². The summed E-state index contributed by atoms with van der Waals surface area (Å²) in [4.78, 5) is 17.5. The minimum absolute atomic E-state index is 0.0558. The summed E-state index contributed by atoms with van der Waals surface area (Å²) in [5.74, 6) is -0.0996. The molecule has 0 radical (unpaired) electrons. The van der Waals surface area contributed by atoms with Crippen LogP contribution in [0.25, 0.3) is 0 Å². The highest BCUT2D eigenvalue weighted by atomic mass is 35.5. The molecule has 1 amide bonds. The second kappa shape index (κ2) is 13.2. The molecule has 3 aliphatic rings. The van der Waals surface area contributed by atoms with E-state index in [0.29, 0.717) is 31.6 Å². The van der Waals surface area contributed by atoms with Gasteiger partial charge in [-0.05, 0) is 54.8 Å². The van der Waals surface area contributed by atoms with Crippen LogP contribution in [0.5, 0.6) is 0 Å². The van der Waals surface area contributed by atoms with Gasteiger partial charge in [-0.15, -0.1) is 0 Å². The number of nitrogens with zero attached hydrogens (tertiary/aromatic N) is 4. The molecule has 230 valence electrons. The van der Waals surface area contributed by atoms with Crippen LogP contribution in [0.4, 0.5) is 5.69 Å². The van der Waals surface area contributed by atoms with Gasteiger partial charge in [-0.1, -0.05) is 41.4 Å². The van der Waals surface area contributed by atoms with Crippen LogP contribution in [-0.4, -0.2) is 87.3 Å². The first-order valence-electron chi connectivity index (χ1n) is 14.7. The molecule has 1 atom stereocenters. The first-order valence-corrected chi connectivity index (χ1v) is 16.9. The molecule has 43 heavy (non-hydrogen) atoms. The Hall–Kier alpha value is -2.60. The number of rotatable bonds is 9. The molecule has 1 unspecified atom stereocenters. The molecule has 0 spiro atoms. The number of sulfonamides is 1. The SMILES string of the molecule is O=C(COCC1CCc2ccccc2N1S(=O)(=O)c1ccc(Cl)c(Cl)c1)N1CCn2c(CCN3CCOCC3)ccc2C1. The maximum Gasteiger partial charge on any atom is 0.264 e. The third-order valence-corrected chi connectivity index (χ3v) is 11.1. The number of amides is 1. The molecule has 3 aliphatic heterocycles. The second-order valence-electron chi connectivity index (χ2n) is 11.2. The van der Waals surface area contributed by atoms with E-state index in [9.17, 15) is 13.2 Å². The number of carbonyl (C=O) groups is 1. The Morgan fingerprint density at radius 2 is 1.79 bits per heavy atom. The van der Waals surface area contributed by atoms with Crippen molar-refractivity contribution in [2.24, 2.45) is 0 Å². The predicted octanol–water partition coefficient (Wildman–Crippen LogP) is 4.24. The second-order valence-corrected chi connectivity index (χ2v) is 13.8. The zero-order valence-corrected chi connectivity index (χ0v) is 26.3. The minimum Gasteiger partial charge on any atom is -0.379 e. The smallest absolute Gasteiger partial charge is 0.264 e. The van der Waals surface area contributed by atoms with Gasteiger partial charge in [0.25, 0.3) is 10.0 Å². The standard InChI is InChI=1S/C31H36Cl2N4O5S/c32-28-10-9-27(19-29(28)33)43(39,40)37-26(6-5-23-3-1-2-4-30(23)37)21-42-22-31(38)35-13-14-36-24(7-8-25(36)20-35)11-12-34-15-17-41-18-16-34/h1-4,7-10,19,26H,5-6,11-18,20-22H2. The number of ether oxygens (including phenoxy) is 2. The van der Waals surface area contributed by atoms with E-state index in [-0.39, 0.29) is 34.1 Å². The number of morpholine rings is 1. The fraction of sp³-hybridized carbons (Fsp3) is 0.452. The third-order valence-electron chi connectivity index (χ3n) is 8.54. The highest BCUT2D eigenvalue weighted by Gasteiger charge is 2.36. The van der Waals surface area contributed by atoms with Crippen LogP contribution >= 0.6 is 23.2 Å². The van der Waals surface area contributed by atoms with Crippen molar-refractivity contribution in [1.29, 1.82) is 0 Å². The Morgan fingerprint density at radius 1 is 0.977 bits per heavy atom. The molecule has 1 saturated heterocycles. The molecule has 9 nitrogen and oxygen atoms in total. The van der Waals surface area contributed by atoms with E-state index in [0.717, 1.165) is 57.1 Å². The zero-order chi connectivity index (χ0) is 30.0. The van der Waals surface area contributed by atoms with E-state index in [2.05, 4.69) is 21.6 Å². The molecule has 6 rings (SSSR count). The maximum absolute atomic E-state index is 13.9. The molecular formula is C31H36Cl2N4O5S. The number of aryl methyl sites for hydroxylation is 1. The van der Waals surface area contributed by atoms with Gasteiger partial charge in [0, 0.05) is 50.5 Å². The number of halogens is 2. The summed E-state index contributed by atoms with van der Waals surface area (Å²) in [6.07, 6.45) is 2.25. The van der Waals surface area contributed by atoms with Gasteiger partial charge in [0.05, 0.1) is 53.0 Å². The van der Waals surface area contributed by atoms with E-state index in [4.69, 9.17) is 32.7 Å². The van der Waals surface area contributed by atoms with Crippen molar-refractivity contribution >= 4 is 44.8 Å². The number of anilines is 1. The summed E-state index contributed by atoms with van der Waals surface area (Å²) in [5, 5.41) is 0.454. The van der Waals surface area contributed by atoms with Crippen LogP contribution in [0.2, 0.25) is 10.0 Å². The van der Waals surface area contributed by atoms with Gasteiger partial charge in [-0.3, -0.25) is 14.0 Å². The molecule has 0 aliphatic carbocycles. The number of hydrogen-bond acceptors (Lipinski definition) is 6. The minimum atomic E-state index is -3.98. The number of hydrogen-bond donors (Lipinski definition) is 0. The number of benzene rings is 2. The fourth-order valence-electron chi connectivity index (χ4n) is 6.18. The largest absolute Gasteiger partial charge is 0.379 e. The summed E-state index contributed by atoms with van der Waals surface area (Å²) in [6.45, 7) is 6.44. The Bertz CT molecular complexity index is 1570. The third kappa shape index (κ3) is 6.60. The molecule has 0 saturated carbocycles. The molecule has 3 aromatic rings. The Kier molecular flexibility index (Phi) is 9.32. The Balaban J connectivity index is 1.08. The van der Waals surface area contributed by atoms with Crippen LogP contribution < -0.4 is 4.31 Å². The van der Waals surface area contributed by atoms with Crippen LogP contribution in [0.15, 0.2) is 59.5 Å². The Morgan fingerprint density at radius 3 is 2.60 bits per heavy atom. The van der Waals surface area contributed by atoms with Crippen molar-refractivity contribution in [3.05, 3.63) is 81.6 Å². The lowest BCUT2D eigenvalue weighted by atomic mass is 9.98. The van der Waals surface area contributed by atoms with Gasteiger partial charge in [0.1, 0.15) is 6.61 Å². The van der Waals surface area contributed by atoms with Crippen LogP contribution in [0.1, 0.15) is 23.4 Å². The highest BCUT2D eigenvalue weighted by Crippen LogP contribution is 2.37. The summed E-state index contributed by atoms with van der Waals surface area (Å²) < 4.78 is 43.0. The van der Waals surface area contributed by atoms with Gasteiger partial charge >= 0.3 is 0 Å². The average molecular weight is 648 g/mol. The van der Waals surface area contributed by atoms with E-state index in [1.165, 1.54) is 28.2 Å². The number of para-hydroxylation sites is 1. The van der Waals surface area contributed by atoms with E-state index in [1.54, 1.807) is 6.07 Å². The van der Waals surface area contributed by atoms with Crippen molar-refractivity contribution in [3.63, 3.8) is 0 Å². The molecule has 1 aromatic heterocycles. The van der Waals surface area contributed by atoms with Gasteiger partial charge in [0.15, 0.2) is 0 Å². The zero-order valence-electron chi connectivity index (χ0n) is 24.0. The molecule has 0 bridgehead atoms. The van der Waals surface area contributed by atoms with Crippen LogP contribution in [0.3, 0.4) is 0 Å². The summed E-state index contributed by atoms with van der Waals surface area (Å²) >= 11 is 12.2. The molecule has 1 fully saturated rings. The van der Waals surface area contributed by atoms with Crippen molar-refractivity contribution < 1.29 is 22.7 Å². The van der Waals surface area contributed by atoms with Crippen molar-refractivity contribution in [2.75, 3.05) is 56.9 Å². The molecule has 4 heterocycles. The first kappa shape index (κ1) is 30.4. The fourth-order valence-corrected chi connectivity index (χ4v) is 8.27. The average Bonchev–Trinajstić information content (AvgIpc) is 3.43. The number of fused-ring (bicyclic) bond motifs is 2. The van der Waals surface area contributed by atoms with Crippen LogP contribution in [-0.2, 0) is 50.2 Å². The first-order chi connectivity index (χ1) is 20.8. The molecule has 0 N–H and O–H groups in total. The van der Waals surface area contributed by atoms with E-state index in [1.807, 2.05) is 23.1 Å².